The monoisotopic (exact) mass is 510 g/mol. The Labute approximate surface area is 215 Å². The van der Waals surface area contributed by atoms with E-state index in [9.17, 15) is 23.6 Å². The van der Waals surface area contributed by atoms with Crippen molar-refractivity contribution in [1.82, 2.24) is 9.80 Å². The molecule has 1 unspecified atom stereocenters. The van der Waals surface area contributed by atoms with Crippen molar-refractivity contribution >= 4 is 23.8 Å². The van der Waals surface area contributed by atoms with E-state index in [-0.39, 0.29) is 51.2 Å². The van der Waals surface area contributed by atoms with Crippen LogP contribution in [0.15, 0.2) is 42.5 Å². The summed E-state index contributed by atoms with van der Waals surface area (Å²) in [6.07, 6.45) is 0. The third-order valence-electron chi connectivity index (χ3n) is 7.14. The first-order valence-corrected chi connectivity index (χ1v) is 12.5. The van der Waals surface area contributed by atoms with Crippen molar-refractivity contribution in [3.8, 4) is 0 Å². The summed E-state index contributed by atoms with van der Waals surface area (Å²) in [6.45, 7) is 6.14. The molecule has 9 heteroatoms. The molecule has 1 saturated heterocycles. The molecule has 4 rings (SSSR count). The smallest absolute Gasteiger partial charge is 0.310 e. The lowest BCUT2D eigenvalue weighted by Gasteiger charge is -2.42. The number of piperidine rings is 1. The van der Waals surface area contributed by atoms with Crippen molar-refractivity contribution in [2.75, 3.05) is 39.4 Å². The summed E-state index contributed by atoms with van der Waals surface area (Å²) in [5.74, 6) is -4.33. The first kappa shape index (κ1) is 26.5. The van der Waals surface area contributed by atoms with Crippen LogP contribution >= 0.6 is 0 Å². The van der Waals surface area contributed by atoms with E-state index in [0.717, 1.165) is 0 Å². The summed E-state index contributed by atoms with van der Waals surface area (Å²) < 4.78 is 25.3. The van der Waals surface area contributed by atoms with E-state index in [1.807, 2.05) is 4.90 Å². The van der Waals surface area contributed by atoms with E-state index in [4.69, 9.17) is 9.47 Å². The molecule has 0 saturated carbocycles. The largest absolute Gasteiger partial charge is 0.466 e. The lowest BCUT2D eigenvalue weighted by Crippen LogP contribution is -2.53. The predicted octanol–water partition coefficient (Wildman–Crippen LogP) is 3.19. The van der Waals surface area contributed by atoms with Crippen LogP contribution < -0.4 is 0 Å². The minimum absolute atomic E-state index is 0.0983. The summed E-state index contributed by atoms with van der Waals surface area (Å²) in [4.78, 5) is 55.0. The Bertz CT molecular complexity index is 1150. The molecular weight excluding hydrogens is 479 g/mol. The molecule has 0 N–H and O–H groups in total. The van der Waals surface area contributed by atoms with Gasteiger partial charge in [0.2, 0.25) is 0 Å². The Hall–Kier alpha value is -3.59. The van der Waals surface area contributed by atoms with Gasteiger partial charge in [-0.25, -0.2) is 4.39 Å². The number of hydrogen-bond acceptors (Lipinski definition) is 7. The van der Waals surface area contributed by atoms with E-state index in [0.29, 0.717) is 22.3 Å². The van der Waals surface area contributed by atoms with E-state index in [1.165, 1.54) is 11.0 Å². The van der Waals surface area contributed by atoms with E-state index in [2.05, 4.69) is 0 Å². The normalized spacial score (nSPS) is 21.6. The second kappa shape index (κ2) is 11.2. The topological polar surface area (TPSA) is 93.2 Å². The van der Waals surface area contributed by atoms with Crippen LogP contribution in [0.1, 0.15) is 51.6 Å². The van der Waals surface area contributed by atoms with E-state index in [1.54, 1.807) is 57.2 Å². The zero-order valence-corrected chi connectivity index (χ0v) is 21.2. The molecule has 2 aliphatic heterocycles. The van der Waals surface area contributed by atoms with Gasteiger partial charge in [-0.1, -0.05) is 24.3 Å². The van der Waals surface area contributed by atoms with Crippen molar-refractivity contribution in [1.29, 1.82) is 0 Å². The number of imide groups is 1. The molecule has 37 heavy (non-hydrogen) atoms. The highest BCUT2D eigenvalue weighted by Crippen LogP contribution is 2.41. The van der Waals surface area contributed by atoms with E-state index < -0.39 is 35.5 Å². The van der Waals surface area contributed by atoms with Gasteiger partial charge in [-0.05, 0) is 50.1 Å². The van der Waals surface area contributed by atoms with Crippen LogP contribution in [0, 0.1) is 24.6 Å². The van der Waals surface area contributed by atoms with Gasteiger partial charge in [-0.3, -0.25) is 29.0 Å². The first-order chi connectivity index (χ1) is 17.8. The summed E-state index contributed by atoms with van der Waals surface area (Å²) in [6, 6.07) is 11.3. The van der Waals surface area contributed by atoms with Crippen LogP contribution in [0.3, 0.4) is 0 Å². The summed E-state index contributed by atoms with van der Waals surface area (Å²) in [5, 5.41) is 0. The molecule has 0 aliphatic carbocycles. The van der Waals surface area contributed by atoms with Gasteiger partial charge in [-0.15, -0.1) is 0 Å². The van der Waals surface area contributed by atoms with Gasteiger partial charge in [0.1, 0.15) is 5.82 Å². The number of esters is 2. The van der Waals surface area contributed by atoms with Gasteiger partial charge in [0.15, 0.2) is 0 Å². The Balaban J connectivity index is 1.62. The minimum Gasteiger partial charge on any atom is -0.466 e. The number of hydrogen-bond donors (Lipinski definition) is 0. The van der Waals surface area contributed by atoms with E-state index >= 15 is 0 Å². The summed E-state index contributed by atoms with van der Waals surface area (Å²) >= 11 is 0. The Kier molecular flexibility index (Phi) is 8.02. The second-order valence-electron chi connectivity index (χ2n) is 9.26. The number of likely N-dealkylation sites (tertiary alicyclic amines) is 1. The molecule has 2 aromatic rings. The number of benzene rings is 2. The molecule has 8 nitrogen and oxygen atoms in total. The fourth-order valence-corrected chi connectivity index (χ4v) is 5.36. The average molecular weight is 511 g/mol. The van der Waals surface area contributed by atoms with Gasteiger partial charge in [-0.2, -0.15) is 0 Å². The van der Waals surface area contributed by atoms with Crippen LogP contribution in [0.4, 0.5) is 4.39 Å². The van der Waals surface area contributed by atoms with Crippen molar-refractivity contribution < 1.29 is 33.0 Å². The van der Waals surface area contributed by atoms with Crippen LogP contribution in [0.5, 0.6) is 0 Å². The minimum atomic E-state index is -0.772. The SMILES string of the molecule is CCOC(=O)[C@H]1CN(CCN2C(=O)c3ccccc3C2=O)C[C@@H](C(=O)OCC)C1c1cccc(F)c1C. The average Bonchev–Trinajstić information content (AvgIpc) is 3.13. The maximum absolute atomic E-state index is 14.5. The molecule has 2 aliphatic rings. The zero-order chi connectivity index (χ0) is 26.7. The van der Waals surface area contributed by atoms with Gasteiger partial charge in [0, 0.05) is 32.1 Å². The van der Waals surface area contributed by atoms with Gasteiger partial charge in [0.05, 0.1) is 36.2 Å². The third kappa shape index (κ3) is 5.13. The molecule has 0 spiro atoms. The van der Waals surface area contributed by atoms with Crippen LogP contribution in [0.25, 0.3) is 0 Å². The maximum atomic E-state index is 14.5. The molecule has 0 radical (unpaired) electrons. The van der Waals surface area contributed by atoms with Crippen molar-refractivity contribution in [2.45, 2.75) is 26.7 Å². The highest BCUT2D eigenvalue weighted by molar-refractivity contribution is 6.21. The number of carbonyl (C=O) groups excluding carboxylic acids is 4. The standard InChI is InChI=1S/C28H31FN2O6/c1-4-36-27(34)21-15-30(13-14-31-25(32)19-9-6-7-10-20(19)26(31)33)16-22(28(35)37-5-2)24(21)18-11-8-12-23(29)17(18)3/h6-12,21-22,24H,4-5,13-16H2,1-3H3/t21-,22+,24?. The van der Waals surface area contributed by atoms with Crippen molar-refractivity contribution in [2.24, 2.45) is 11.8 Å². The molecule has 2 heterocycles. The molecular formula is C28H31FN2O6. The molecule has 196 valence electrons. The Morgan fingerprint density at radius 3 is 1.92 bits per heavy atom. The molecule has 3 atom stereocenters. The summed E-state index contributed by atoms with van der Waals surface area (Å²) in [5.41, 5.74) is 1.66. The molecule has 0 aromatic heterocycles. The lowest BCUT2D eigenvalue weighted by atomic mass is 9.72. The number of amides is 2. The lowest BCUT2D eigenvalue weighted by molar-refractivity contribution is -0.158. The Morgan fingerprint density at radius 1 is 0.865 bits per heavy atom. The molecule has 0 bridgehead atoms. The number of carbonyl (C=O) groups is 4. The number of nitrogens with zero attached hydrogens (tertiary/aromatic N) is 2. The second-order valence-corrected chi connectivity index (χ2v) is 9.26. The van der Waals surface area contributed by atoms with Gasteiger partial charge in [0.25, 0.3) is 11.8 Å². The number of halogens is 1. The first-order valence-electron chi connectivity index (χ1n) is 12.5. The quantitative estimate of drug-likeness (QED) is 0.398. The predicted molar refractivity (Wildman–Crippen MR) is 132 cm³/mol. The fourth-order valence-electron chi connectivity index (χ4n) is 5.36. The number of fused-ring (bicyclic) bond motifs is 1. The fraction of sp³-hybridized carbons (Fsp3) is 0.429. The van der Waals surface area contributed by atoms with Crippen LogP contribution in [-0.4, -0.2) is 72.9 Å². The Morgan fingerprint density at radius 2 is 1.41 bits per heavy atom. The zero-order valence-electron chi connectivity index (χ0n) is 21.2. The van der Waals surface area contributed by atoms with Gasteiger partial charge >= 0.3 is 11.9 Å². The number of ether oxygens (including phenoxy) is 2. The number of rotatable bonds is 8. The molecule has 2 amide bonds. The summed E-state index contributed by atoms with van der Waals surface area (Å²) in [7, 11) is 0. The van der Waals surface area contributed by atoms with Crippen LogP contribution in [0.2, 0.25) is 0 Å². The third-order valence-corrected chi connectivity index (χ3v) is 7.14. The highest BCUT2D eigenvalue weighted by Gasteiger charge is 2.47. The highest BCUT2D eigenvalue weighted by atomic mass is 19.1. The van der Waals surface area contributed by atoms with Crippen molar-refractivity contribution in [3.05, 3.63) is 70.5 Å². The van der Waals surface area contributed by atoms with Crippen LogP contribution in [-0.2, 0) is 19.1 Å². The van der Waals surface area contributed by atoms with Gasteiger partial charge < -0.3 is 9.47 Å². The van der Waals surface area contributed by atoms with Crippen molar-refractivity contribution in [3.63, 3.8) is 0 Å². The molecule has 2 aromatic carbocycles. The molecule has 1 fully saturated rings. The maximum Gasteiger partial charge on any atom is 0.310 e.